The number of rotatable bonds is 2. The van der Waals surface area contributed by atoms with E-state index in [1.165, 1.54) is 12.0 Å². The second kappa shape index (κ2) is 5.56. The van der Waals surface area contributed by atoms with Crippen molar-refractivity contribution < 1.29 is 14.2 Å². The largest absolute Gasteiger partial charge is 0.371 e. The van der Waals surface area contributed by atoms with E-state index in [4.69, 9.17) is 14.2 Å². The van der Waals surface area contributed by atoms with E-state index < -0.39 is 5.79 Å². The predicted octanol–water partition coefficient (Wildman–Crippen LogP) is 4.56. The van der Waals surface area contributed by atoms with Crippen LogP contribution in [0.5, 0.6) is 0 Å². The number of ether oxygens (including phenoxy) is 3. The molecule has 0 aromatic carbocycles. The van der Waals surface area contributed by atoms with Crippen molar-refractivity contribution in [1.82, 2.24) is 0 Å². The molecule has 136 valence electrons. The van der Waals surface area contributed by atoms with Crippen LogP contribution in [0.2, 0.25) is 0 Å². The topological polar surface area (TPSA) is 27.7 Å². The molecule has 24 heavy (non-hydrogen) atoms. The smallest absolute Gasteiger partial charge is 0.171 e. The molecule has 4 aliphatic rings. The van der Waals surface area contributed by atoms with E-state index in [0.29, 0.717) is 35.7 Å². The summed E-state index contributed by atoms with van der Waals surface area (Å²) >= 11 is 0. The van der Waals surface area contributed by atoms with Crippen LogP contribution < -0.4 is 0 Å². The molecule has 0 unspecified atom stereocenters. The summed E-state index contributed by atoms with van der Waals surface area (Å²) in [6.07, 6.45) is 5.93. The minimum atomic E-state index is -0.419. The SMILES string of the molecule is C=C1CC[C@H](C(C)C)[C@@H]2[C@H]1[C@H]1C[C@@H](C)[C@@]3(OC)CC[C@](C)(O3)[C@H]2O1. The number of hydrogen-bond donors (Lipinski definition) is 0. The first kappa shape index (κ1) is 17.1. The van der Waals surface area contributed by atoms with E-state index in [0.717, 1.165) is 25.7 Å². The molecular weight excluding hydrogens is 300 g/mol. The summed E-state index contributed by atoms with van der Waals surface area (Å²) in [6.45, 7) is 13.8. The van der Waals surface area contributed by atoms with Crippen LogP contribution in [-0.4, -0.2) is 30.7 Å². The molecule has 3 aliphatic heterocycles. The Bertz CT molecular complexity index is 529. The molecule has 4 fully saturated rings. The van der Waals surface area contributed by atoms with E-state index in [2.05, 4.69) is 34.3 Å². The van der Waals surface area contributed by atoms with Crippen LogP contribution in [0.4, 0.5) is 0 Å². The summed E-state index contributed by atoms with van der Waals surface area (Å²) in [7, 11) is 1.81. The first-order valence-electron chi connectivity index (χ1n) is 9.90. The molecule has 3 nitrogen and oxygen atoms in total. The van der Waals surface area contributed by atoms with Gasteiger partial charge in [-0.2, -0.15) is 0 Å². The highest BCUT2D eigenvalue weighted by Crippen LogP contribution is 2.60. The van der Waals surface area contributed by atoms with E-state index in [9.17, 15) is 0 Å². The molecule has 3 heterocycles. The van der Waals surface area contributed by atoms with Crippen molar-refractivity contribution in [3.63, 3.8) is 0 Å². The van der Waals surface area contributed by atoms with Gasteiger partial charge >= 0.3 is 0 Å². The normalized spacial score (nSPS) is 53.8. The molecule has 0 aromatic rings. The monoisotopic (exact) mass is 334 g/mol. The maximum atomic E-state index is 6.75. The second-order valence-electron chi connectivity index (χ2n) is 9.37. The van der Waals surface area contributed by atoms with E-state index >= 15 is 0 Å². The van der Waals surface area contributed by atoms with E-state index in [1.54, 1.807) is 0 Å². The van der Waals surface area contributed by atoms with Gasteiger partial charge in [0.15, 0.2) is 5.79 Å². The predicted molar refractivity (Wildman–Crippen MR) is 94.6 cm³/mol. The number of methoxy groups -OCH3 is 1. The van der Waals surface area contributed by atoms with Crippen molar-refractivity contribution in [1.29, 1.82) is 0 Å². The Kier molecular flexibility index (Phi) is 3.95. The maximum absolute atomic E-state index is 6.75. The average Bonchev–Trinajstić information content (AvgIpc) is 3.09. The number of fused-ring (bicyclic) bond motifs is 8. The Hall–Kier alpha value is -0.380. The Morgan fingerprint density at radius 2 is 2.04 bits per heavy atom. The highest BCUT2D eigenvalue weighted by Gasteiger charge is 2.64. The molecule has 0 radical (unpaired) electrons. The van der Waals surface area contributed by atoms with Gasteiger partial charge in [0.25, 0.3) is 0 Å². The van der Waals surface area contributed by atoms with Gasteiger partial charge in [0.2, 0.25) is 0 Å². The lowest BCUT2D eigenvalue weighted by Gasteiger charge is -2.44. The van der Waals surface area contributed by atoms with Crippen LogP contribution in [0.15, 0.2) is 12.2 Å². The van der Waals surface area contributed by atoms with Crippen LogP contribution >= 0.6 is 0 Å². The highest BCUT2D eigenvalue weighted by molar-refractivity contribution is 5.19. The molecule has 0 spiro atoms. The molecule has 4 bridgehead atoms. The molecule has 3 saturated heterocycles. The van der Waals surface area contributed by atoms with Crippen LogP contribution in [0.3, 0.4) is 0 Å². The van der Waals surface area contributed by atoms with Crippen molar-refractivity contribution in [2.24, 2.45) is 29.6 Å². The summed E-state index contributed by atoms with van der Waals surface area (Å²) in [5.74, 6) is 2.39. The molecule has 0 amide bonds. The lowest BCUT2D eigenvalue weighted by molar-refractivity contribution is -0.296. The van der Waals surface area contributed by atoms with E-state index in [-0.39, 0.29) is 11.7 Å². The lowest BCUT2D eigenvalue weighted by Crippen LogP contribution is -2.51. The molecule has 1 aliphatic carbocycles. The lowest BCUT2D eigenvalue weighted by atomic mass is 9.61. The van der Waals surface area contributed by atoms with Crippen molar-refractivity contribution in [2.45, 2.75) is 83.4 Å². The standard InChI is InChI=1S/C21H34O3/c1-12(2)15-8-7-13(3)17-16-11-14(4)21(22-6)10-9-20(5,24-21)19(23-16)18(15)17/h12,14-19H,3,7-11H2,1-2,4-6H3/t14-,15-,16-,17-,18-,19+,20+,21-/m1/s1. The molecule has 8 atom stereocenters. The van der Waals surface area contributed by atoms with Crippen molar-refractivity contribution in [2.75, 3.05) is 7.11 Å². The third-order valence-electron chi connectivity index (χ3n) is 7.77. The van der Waals surface area contributed by atoms with Crippen LogP contribution in [0, 0.1) is 29.6 Å². The first-order valence-corrected chi connectivity index (χ1v) is 9.90. The van der Waals surface area contributed by atoms with Gasteiger partial charge in [-0.3, -0.25) is 0 Å². The zero-order chi connectivity index (χ0) is 17.3. The van der Waals surface area contributed by atoms with Crippen molar-refractivity contribution in [3.8, 4) is 0 Å². The van der Waals surface area contributed by atoms with Crippen molar-refractivity contribution in [3.05, 3.63) is 12.2 Å². The van der Waals surface area contributed by atoms with Gasteiger partial charge in [0.1, 0.15) is 0 Å². The molecule has 1 saturated carbocycles. The van der Waals surface area contributed by atoms with Gasteiger partial charge in [-0.05, 0) is 50.4 Å². The van der Waals surface area contributed by atoms with Crippen molar-refractivity contribution >= 4 is 0 Å². The second-order valence-corrected chi connectivity index (χ2v) is 9.37. The molecule has 3 heteroatoms. The van der Waals surface area contributed by atoms with Crippen LogP contribution in [-0.2, 0) is 14.2 Å². The number of hydrogen-bond acceptors (Lipinski definition) is 3. The summed E-state index contributed by atoms with van der Waals surface area (Å²) < 4.78 is 19.4. The summed E-state index contributed by atoms with van der Waals surface area (Å²) in [6, 6.07) is 0. The van der Waals surface area contributed by atoms with Crippen LogP contribution in [0.1, 0.15) is 59.8 Å². The Labute approximate surface area is 147 Å². The fourth-order valence-corrected chi connectivity index (χ4v) is 6.41. The van der Waals surface area contributed by atoms with E-state index in [1.807, 2.05) is 7.11 Å². The Morgan fingerprint density at radius 3 is 2.71 bits per heavy atom. The van der Waals surface area contributed by atoms with Gasteiger partial charge < -0.3 is 14.2 Å². The Morgan fingerprint density at radius 1 is 1.29 bits per heavy atom. The summed E-state index contributed by atoms with van der Waals surface area (Å²) in [4.78, 5) is 0. The summed E-state index contributed by atoms with van der Waals surface area (Å²) in [5, 5.41) is 0. The Balaban J connectivity index is 1.77. The van der Waals surface area contributed by atoms with Gasteiger partial charge in [-0.25, -0.2) is 0 Å². The average molecular weight is 335 g/mol. The van der Waals surface area contributed by atoms with Gasteiger partial charge in [0, 0.05) is 25.4 Å². The van der Waals surface area contributed by atoms with Crippen LogP contribution in [0.25, 0.3) is 0 Å². The quantitative estimate of drug-likeness (QED) is 0.693. The fraction of sp³-hybridized carbons (Fsp3) is 0.905. The minimum Gasteiger partial charge on any atom is -0.371 e. The minimum absolute atomic E-state index is 0.182. The maximum Gasteiger partial charge on any atom is 0.171 e. The van der Waals surface area contributed by atoms with Gasteiger partial charge in [0.05, 0.1) is 17.8 Å². The first-order chi connectivity index (χ1) is 11.3. The summed E-state index contributed by atoms with van der Waals surface area (Å²) in [5.41, 5.74) is 1.19. The van der Waals surface area contributed by atoms with Gasteiger partial charge in [-0.15, -0.1) is 0 Å². The zero-order valence-corrected chi connectivity index (χ0v) is 16.0. The highest BCUT2D eigenvalue weighted by atomic mass is 16.7. The molecule has 0 N–H and O–H groups in total. The third kappa shape index (κ3) is 2.20. The van der Waals surface area contributed by atoms with Gasteiger partial charge in [-0.1, -0.05) is 32.9 Å². The third-order valence-corrected chi connectivity index (χ3v) is 7.77. The molecule has 4 rings (SSSR count). The molecular formula is C21H34O3. The zero-order valence-electron chi connectivity index (χ0n) is 16.0. The fourth-order valence-electron chi connectivity index (χ4n) is 6.41. The molecule has 0 aromatic heterocycles.